The summed E-state index contributed by atoms with van der Waals surface area (Å²) in [6, 6.07) is 11.2. The summed E-state index contributed by atoms with van der Waals surface area (Å²) < 4.78 is 62.9. The van der Waals surface area contributed by atoms with Crippen molar-refractivity contribution in [3.63, 3.8) is 0 Å². The second-order valence-electron chi connectivity index (χ2n) is 5.84. The van der Waals surface area contributed by atoms with Crippen LogP contribution in [0, 0.1) is 0 Å². The Morgan fingerprint density at radius 1 is 1.04 bits per heavy atom. The maximum absolute atomic E-state index is 12.6. The Labute approximate surface area is 142 Å². The van der Waals surface area contributed by atoms with Gasteiger partial charge in [-0.15, -0.1) is 0 Å². The monoisotopic (exact) mass is 368 g/mol. The molecule has 2 aromatic carbocycles. The first kappa shape index (κ1) is 17.3. The third-order valence-corrected chi connectivity index (χ3v) is 5.07. The Morgan fingerprint density at radius 2 is 1.68 bits per heavy atom. The van der Waals surface area contributed by atoms with Crippen LogP contribution in [-0.2, 0) is 22.6 Å². The van der Waals surface area contributed by atoms with E-state index in [2.05, 4.69) is 0 Å². The van der Waals surface area contributed by atoms with E-state index in [1.807, 2.05) is 0 Å². The topological polar surface area (TPSA) is 65.1 Å². The maximum atomic E-state index is 12.6. The number of nitrogens with zero attached hydrogens (tertiary/aromatic N) is 1. The number of anilines is 1. The van der Waals surface area contributed by atoms with E-state index in [1.54, 1.807) is 16.7 Å². The highest BCUT2D eigenvalue weighted by atomic mass is 32.2. The fourth-order valence-electron chi connectivity index (χ4n) is 2.66. The number of nitrogen functional groups attached to an aromatic ring is 1. The number of hydrogen-bond acceptors (Lipinski definition) is 3. The maximum Gasteiger partial charge on any atom is 0.416 e. The van der Waals surface area contributed by atoms with E-state index in [0.717, 1.165) is 18.4 Å². The van der Waals surface area contributed by atoms with Crippen molar-refractivity contribution >= 4 is 26.6 Å². The zero-order valence-corrected chi connectivity index (χ0v) is 14.0. The molecular formula is C17H15F3N2O2S. The standard InChI is InChI=1S/C17H15F3N2O2S/c1-25(23,24)14-6-7-15-12(8-14)9-16(21)22(15)10-11-2-4-13(5-3-11)17(18,19)20/h2-9H,10,21H2,1H3. The number of halogens is 3. The first-order valence-corrected chi connectivity index (χ1v) is 9.20. The summed E-state index contributed by atoms with van der Waals surface area (Å²) in [5, 5.41) is 0.660. The lowest BCUT2D eigenvalue weighted by Gasteiger charge is -2.10. The van der Waals surface area contributed by atoms with Gasteiger partial charge in [-0.3, -0.25) is 0 Å². The summed E-state index contributed by atoms with van der Waals surface area (Å²) in [7, 11) is -3.33. The second kappa shape index (κ2) is 5.80. The minimum Gasteiger partial charge on any atom is -0.385 e. The molecule has 2 N–H and O–H groups in total. The number of fused-ring (bicyclic) bond motifs is 1. The summed E-state index contributed by atoms with van der Waals surface area (Å²) in [5.41, 5.74) is 6.65. The Balaban J connectivity index is 1.98. The van der Waals surface area contributed by atoms with Crippen LogP contribution in [0.25, 0.3) is 10.9 Å². The zero-order chi connectivity index (χ0) is 18.4. The van der Waals surface area contributed by atoms with Crippen LogP contribution in [0.1, 0.15) is 11.1 Å². The molecule has 0 atom stereocenters. The highest BCUT2D eigenvalue weighted by Gasteiger charge is 2.29. The average Bonchev–Trinajstić information content (AvgIpc) is 2.81. The third kappa shape index (κ3) is 3.48. The summed E-state index contributed by atoms with van der Waals surface area (Å²) in [6.07, 6.45) is -3.25. The first-order valence-electron chi connectivity index (χ1n) is 7.31. The van der Waals surface area contributed by atoms with E-state index in [-0.39, 0.29) is 11.4 Å². The lowest BCUT2D eigenvalue weighted by molar-refractivity contribution is -0.137. The van der Waals surface area contributed by atoms with Crippen molar-refractivity contribution in [1.29, 1.82) is 0 Å². The molecule has 0 bridgehead atoms. The molecule has 0 radical (unpaired) electrons. The molecule has 0 amide bonds. The molecule has 0 saturated carbocycles. The number of hydrogen-bond donors (Lipinski definition) is 1. The Kier molecular flexibility index (Phi) is 4.03. The minimum atomic E-state index is -4.38. The van der Waals surface area contributed by atoms with Crippen molar-refractivity contribution in [2.24, 2.45) is 0 Å². The van der Waals surface area contributed by atoms with Gasteiger partial charge in [0.15, 0.2) is 9.84 Å². The largest absolute Gasteiger partial charge is 0.416 e. The summed E-state index contributed by atoms with van der Waals surface area (Å²) >= 11 is 0. The predicted octanol–water partition coefficient (Wildman–Crippen LogP) is 3.69. The van der Waals surface area contributed by atoms with Crippen LogP contribution >= 0.6 is 0 Å². The fraction of sp³-hybridized carbons (Fsp3) is 0.176. The van der Waals surface area contributed by atoms with Crippen LogP contribution in [0.15, 0.2) is 53.4 Å². The number of sulfone groups is 1. The van der Waals surface area contributed by atoms with Crippen molar-refractivity contribution in [3.05, 3.63) is 59.7 Å². The Morgan fingerprint density at radius 3 is 2.24 bits per heavy atom. The lowest BCUT2D eigenvalue weighted by atomic mass is 10.1. The lowest BCUT2D eigenvalue weighted by Crippen LogP contribution is -2.06. The van der Waals surface area contributed by atoms with Gasteiger partial charge in [0.25, 0.3) is 0 Å². The van der Waals surface area contributed by atoms with Gasteiger partial charge < -0.3 is 10.3 Å². The second-order valence-corrected chi connectivity index (χ2v) is 7.86. The van der Waals surface area contributed by atoms with Gasteiger partial charge in [-0.2, -0.15) is 13.2 Å². The molecule has 0 unspecified atom stereocenters. The van der Waals surface area contributed by atoms with Crippen LogP contribution in [0.5, 0.6) is 0 Å². The van der Waals surface area contributed by atoms with E-state index < -0.39 is 21.6 Å². The van der Waals surface area contributed by atoms with Gasteiger partial charge in [-0.05, 0) is 42.0 Å². The molecule has 3 aromatic rings. The van der Waals surface area contributed by atoms with Crippen molar-refractivity contribution in [2.75, 3.05) is 12.0 Å². The molecule has 0 fully saturated rings. The fourth-order valence-corrected chi connectivity index (χ4v) is 3.32. The van der Waals surface area contributed by atoms with Gasteiger partial charge in [0.2, 0.25) is 0 Å². The predicted molar refractivity (Wildman–Crippen MR) is 90.0 cm³/mol. The summed E-state index contributed by atoms with van der Waals surface area (Å²) in [4.78, 5) is 0.187. The Bertz CT molecular complexity index is 1040. The molecule has 3 rings (SSSR count). The number of alkyl halides is 3. The van der Waals surface area contributed by atoms with Crippen LogP contribution in [0.4, 0.5) is 19.0 Å². The Hall–Kier alpha value is -2.48. The highest BCUT2D eigenvalue weighted by Crippen LogP contribution is 2.30. The van der Waals surface area contributed by atoms with Crippen LogP contribution in [0.2, 0.25) is 0 Å². The third-order valence-electron chi connectivity index (χ3n) is 3.95. The molecule has 0 spiro atoms. The molecule has 4 nitrogen and oxygen atoms in total. The zero-order valence-electron chi connectivity index (χ0n) is 13.2. The molecule has 25 heavy (non-hydrogen) atoms. The van der Waals surface area contributed by atoms with Crippen LogP contribution < -0.4 is 5.73 Å². The molecule has 0 aliphatic carbocycles. The van der Waals surface area contributed by atoms with Crippen molar-refractivity contribution in [3.8, 4) is 0 Å². The first-order chi connectivity index (χ1) is 11.6. The van der Waals surface area contributed by atoms with Crippen molar-refractivity contribution < 1.29 is 21.6 Å². The smallest absolute Gasteiger partial charge is 0.385 e. The summed E-state index contributed by atoms with van der Waals surface area (Å²) in [5.74, 6) is 0.403. The van der Waals surface area contributed by atoms with E-state index in [1.165, 1.54) is 24.3 Å². The molecular weight excluding hydrogens is 353 g/mol. The number of nitrogens with two attached hydrogens (primary N) is 1. The number of rotatable bonds is 3. The van der Waals surface area contributed by atoms with Crippen molar-refractivity contribution in [1.82, 2.24) is 4.57 Å². The minimum absolute atomic E-state index is 0.187. The number of benzene rings is 2. The van der Waals surface area contributed by atoms with E-state index in [9.17, 15) is 21.6 Å². The van der Waals surface area contributed by atoms with Gasteiger partial charge in [0.1, 0.15) is 5.82 Å². The van der Waals surface area contributed by atoms with Gasteiger partial charge in [0.05, 0.1) is 16.0 Å². The van der Waals surface area contributed by atoms with E-state index in [0.29, 0.717) is 22.3 Å². The SMILES string of the molecule is CS(=O)(=O)c1ccc2c(c1)cc(N)n2Cc1ccc(C(F)(F)F)cc1. The van der Waals surface area contributed by atoms with Crippen molar-refractivity contribution in [2.45, 2.75) is 17.6 Å². The molecule has 0 aliphatic heterocycles. The van der Waals surface area contributed by atoms with E-state index in [4.69, 9.17) is 5.73 Å². The molecule has 132 valence electrons. The molecule has 1 aromatic heterocycles. The average molecular weight is 368 g/mol. The van der Waals surface area contributed by atoms with Crippen LogP contribution in [-0.4, -0.2) is 19.2 Å². The van der Waals surface area contributed by atoms with E-state index >= 15 is 0 Å². The molecule has 1 heterocycles. The summed E-state index contributed by atoms with van der Waals surface area (Å²) in [6.45, 7) is 0.283. The molecule has 0 saturated heterocycles. The quantitative estimate of drug-likeness (QED) is 0.767. The van der Waals surface area contributed by atoms with Gasteiger partial charge in [-0.25, -0.2) is 8.42 Å². The number of aromatic nitrogens is 1. The molecule has 0 aliphatic rings. The molecule has 8 heteroatoms. The highest BCUT2D eigenvalue weighted by molar-refractivity contribution is 7.90. The van der Waals surface area contributed by atoms with Gasteiger partial charge in [-0.1, -0.05) is 12.1 Å². The van der Waals surface area contributed by atoms with Crippen LogP contribution in [0.3, 0.4) is 0 Å². The normalized spacial score (nSPS) is 12.6. The van der Waals surface area contributed by atoms with Gasteiger partial charge >= 0.3 is 6.18 Å². The van der Waals surface area contributed by atoms with Gasteiger partial charge in [0, 0.05) is 18.2 Å².